The van der Waals surface area contributed by atoms with Crippen LogP contribution in [0.4, 0.5) is 15.8 Å². The van der Waals surface area contributed by atoms with Gasteiger partial charge < -0.3 is 75.2 Å². The lowest BCUT2D eigenvalue weighted by Crippen LogP contribution is -2.44. The zero-order chi connectivity index (χ0) is 76.1. The van der Waals surface area contributed by atoms with Gasteiger partial charge in [-0.05, 0) is 317 Å². The van der Waals surface area contributed by atoms with Crippen LogP contribution in [0.5, 0.6) is 51.7 Å². The molecule has 2 atom stereocenters. The second-order valence-electron chi connectivity index (χ2n) is 21.8. The van der Waals surface area contributed by atoms with E-state index in [0.717, 1.165) is 25.4 Å². The van der Waals surface area contributed by atoms with Crippen LogP contribution in [0.1, 0.15) is 22.9 Å². The number of carboxylic acid groups (broad SMARTS) is 3. The summed E-state index contributed by atoms with van der Waals surface area (Å²) in [5, 5.41) is 77.3. The van der Waals surface area contributed by atoms with Gasteiger partial charge in [0.1, 0.15) is 75.0 Å². The topological polar surface area (TPSA) is 360 Å². The van der Waals surface area contributed by atoms with Gasteiger partial charge in [0.15, 0.2) is 27.5 Å². The molecule has 2 heterocycles. The number of thiocarbonyl (C=S) groups is 2. The number of carboxylic acids is 3. The molecule has 0 saturated carbocycles. The van der Waals surface area contributed by atoms with Crippen LogP contribution in [-0.4, -0.2) is 89.6 Å². The van der Waals surface area contributed by atoms with Crippen molar-refractivity contribution >= 4 is 228 Å². The lowest BCUT2D eigenvalue weighted by molar-refractivity contribution is -0.139. The minimum absolute atomic E-state index is 0.0102. The number of hydrogen-bond acceptors (Lipinski definition) is 19. The van der Waals surface area contributed by atoms with Crippen molar-refractivity contribution in [3.63, 3.8) is 0 Å². The Hall–Kier alpha value is -8.42. The molecule has 0 aromatic heterocycles. The number of carbonyl (C=O) groups excluding carboxylic acids is 1. The van der Waals surface area contributed by atoms with Crippen molar-refractivity contribution in [3.8, 4) is 96.6 Å². The minimum Gasteiger partial charge on any atom is -0.508 e. The third-order valence-electron chi connectivity index (χ3n) is 14.9. The lowest BCUT2D eigenvalue weighted by Gasteiger charge is -2.20. The van der Waals surface area contributed by atoms with Gasteiger partial charge in [0.25, 0.3) is 6.47 Å². The molecular formula is C73H49FI6N4O18S2. The molecule has 2 aliphatic heterocycles. The number of nitrogens with one attached hydrogen (secondary N) is 2. The number of halogens is 7. The predicted molar refractivity (Wildman–Crippen MR) is 447 cm³/mol. The Bertz CT molecular complexity index is 5450. The number of fused-ring (bicyclic) bond motifs is 4. The molecule has 11 N–H and O–H groups in total. The molecule has 0 bridgehead atoms. The maximum absolute atomic E-state index is 12.3. The lowest BCUT2D eigenvalue weighted by atomic mass is 9.90. The number of alkyl halides is 1. The maximum atomic E-state index is 12.3. The monoisotopic (exact) mass is 2110 g/mol. The smallest absolute Gasteiger partial charge is 0.336 e. The van der Waals surface area contributed by atoms with Crippen molar-refractivity contribution in [3.05, 3.63) is 228 Å². The third-order valence-corrected chi connectivity index (χ3v) is 20.2. The van der Waals surface area contributed by atoms with Crippen LogP contribution in [0.3, 0.4) is 0 Å². The number of anilines is 1. The number of aromatic carboxylic acids is 1. The fraction of sp³-hybridized carbons (Fsp3) is 0.0685. The minimum atomic E-state index is -1.14. The Kier molecular flexibility index (Phi) is 27.1. The summed E-state index contributed by atoms with van der Waals surface area (Å²) < 4.78 is 49.2. The van der Waals surface area contributed by atoms with Crippen molar-refractivity contribution < 1.29 is 83.7 Å². The first-order valence-electron chi connectivity index (χ1n) is 30.3. The van der Waals surface area contributed by atoms with E-state index < -0.39 is 37.1 Å². The van der Waals surface area contributed by atoms with Gasteiger partial charge in [0.05, 0.1) is 46.4 Å². The Balaban J connectivity index is 0.000000198. The number of aliphatic imine (C=N–C) groups is 1. The van der Waals surface area contributed by atoms with Crippen LogP contribution in [0.2, 0.25) is 0 Å². The van der Waals surface area contributed by atoms with Crippen LogP contribution < -0.4 is 41.4 Å². The number of aliphatic carboxylic acids is 2. The average molecular weight is 2120 g/mol. The molecule has 12 rings (SSSR count). The van der Waals surface area contributed by atoms with Crippen LogP contribution in [0, 0.1) is 21.4 Å². The first-order chi connectivity index (χ1) is 50.1. The highest BCUT2D eigenvalue weighted by molar-refractivity contribution is 14.1. The summed E-state index contributed by atoms with van der Waals surface area (Å²) in [4.78, 5) is 74.5. The fourth-order valence-corrected chi connectivity index (χ4v) is 16.0. The first kappa shape index (κ1) is 78.2. The van der Waals surface area contributed by atoms with E-state index in [4.69, 9.17) is 47.5 Å². The Morgan fingerprint density at radius 3 is 1.53 bits per heavy atom. The molecule has 2 aliphatic carbocycles. The zero-order valence-corrected chi connectivity index (χ0v) is 67.2. The number of nitrogens with zero attached hydrogens (tertiary/aromatic N) is 1. The zero-order valence-electron chi connectivity index (χ0n) is 53.6. The number of phenolic OH excluding ortho intramolecular Hbond substituents is 4. The van der Waals surface area contributed by atoms with E-state index in [1.54, 1.807) is 84.9 Å². The molecule has 0 spiro atoms. The van der Waals surface area contributed by atoms with Crippen LogP contribution in [-0.2, 0) is 27.2 Å². The first-order valence-corrected chi connectivity index (χ1v) is 36.9. The molecule has 0 radical (unpaired) electrons. The van der Waals surface area contributed by atoms with Gasteiger partial charge in [-0.2, -0.15) is 4.99 Å². The van der Waals surface area contributed by atoms with Gasteiger partial charge in [-0.3, -0.25) is 23.6 Å². The van der Waals surface area contributed by atoms with Crippen molar-refractivity contribution in [2.75, 3.05) is 12.5 Å². The molecule has 31 heteroatoms. The highest BCUT2D eigenvalue weighted by atomic mass is 127. The van der Waals surface area contributed by atoms with Crippen molar-refractivity contribution in [1.82, 2.24) is 5.32 Å². The molecule has 4 aliphatic rings. The van der Waals surface area contributed by atoms with Crippen LogP contribution in [0.15, 0.2) is 193 Å². The molecule has 530 valence electrons. The highest BCUT2D eigenvalue weighted by Crippen LogP contribution is 2.46. The van der Waals surface area contributed by atoms with Crippen molar-refractivity contribution in [2.45, 2.75) is 24.9 Å². The molecule has 0 saturated heterocycles. The van der Waals surface area contributed by atoms with Crippen LogP contribution >= 0.6 is 160 Å². The SMILES string of the molecule is NC(Cc1cc(I)c(Oc2ccc(O)c(I)c2)c(I)c1)C(=O)O.O=C(O)c1cc(N=C=S)ccc1-c1c2ccc(=O)cc-2oc2cc(O)ccc12.O=COc1cc(NC(=S)NC(Cc2cc(I)c(Oc3ccc(O)c(I)c3)c(I)c2)C(=O)O)ccc1-c1c2ccc(=O)cc-2oc2cc(O)ccc12.[2H]CF. The molecule has 104 heavy (non-hydrogen) atoms. The second-order valence-corrected chi connectivity index (χ2v) is 29.4. The standard InChI is InChI=1S/C36H23I3N2O9S.C21H11NO5S.C15H12I3NO4.CH3F/c37-25-15-21(4-8-29(25)45)49-34-26(38)9-17(10-27(34)39)11-28(35(46)47)41-36(51)40-18-1-5-22(30(12-18)48-16-42)33-23-6-2-19(43)13-31(23)50-32-14-20(44)3-7-24(32)33;23-12-2-5-15-18(8-12)27-19-9-13(24)3-6-16(19)20(15)14-4-1-11(22-10-28)7-17(14)21(25)26;16-9-6-8(1-2-13(9)20)23-14-10(17)3-7(4-11(14)18)5-12(19)15(21)22;1-2/h1-10,12-16,28,43,45H,11H2,(H,46,47)(H2,40,41,51);1-9,23H,(H,25,26);1-4,6,12,20H,5,19H2,(H,21,22);1H3/i;;;1D. The summed E-state index contributed by atoms with van der Waals surface area (Å²) in [6.45, 7) is 0.281. The summed E-state index contributed by atoms with van der Waals surface area (Å²) in [6, 6.07) is 42.7. The summed E-state index contributed by atoms with van der Waals surface area (Å²) >= 11 is 22.7. The maximum Gasteiger partial charge on any atom is 0.336 e. The van der Waals surface area contributed by atoms with E-state index in [1.165, 1.54) is 60.7 Å². The summed E-state index contributed by atoms with van der Waals surface area (Å²) in [6.07, 6.45) is 0.359. The van der Waals surface area contributed by atoms with E-state index in [-0.39, 0.29) is 81.1 Å². The molecule has 8 aromatic rings. The quantitative estimate of drug-likeness (QED) is 0.0125. The number of ether oxygens (including phenoxy) is 3. The predicted octanol–water partition coefficient (Wildman–Crippen LogP) is 17.3. The highest BCUT2D eigenvalue weighted by Gasteiger charge is 2.26. The van der Waals surface area contributed by atoms with Gasteiger partial charge in [0, 0.05) is 81.0 Å². The van der Waals surface area contributed by atoms with E-state index in [9.17, 15) is 63.8 Å². The number of isothiocyanates is 1. The number of hydrogen-bond donors (Lipinski definition) is 10. The van der Waals surface area contributed by atoms with Gasteiger partial charge in [0.2, 0.25) is 0 Å². The summed E-state index contributed by atoms with van der Waals surface area (Å²) in [5.74, 6) is 0.230. The molecular weight excluding hydrogens is 2070 g/mol. The Labute approximate surface area is 682 Å². The van der Waals surface area contributed by atoms with E-state index in [1.807, 2.05) is 69.4 Å². The Morgan fingerprint density at radius 1 is 0.606 bits per heavy atom. The molecule has 2 unspecified atom stereocenters. The second kappa shape index (κ2) is 36.0. The normalized spacial score (nSPS) is 11.4. The Morgan fingerprint density at radius 2 is 1.08 bits per heavy atom. The van der Waals surface area contributed by atoms with Gasteiger partial charge >= 0.3 is 17.9 Å². The largest absolute Gasteiger partial charge is 0.508 e. The number of benzene rings is 10. The van der Waals surface area contributed by atoms with E-state index in [0.29, 0.717) is 96.8 Å². The van der Waals surface area contributed by atoms with Gasteiger partial charge in [-0.25, -0.2) is 9.59 Å². The number of aromatic hydroxyl groups is 4. The molecule has 22 nitrogen and oxygen atoms in total. The van der Waals surface area contributed by atoms with Gasteiger partial charge in [-0.1, -0.05) is 6.07 Å². The molecule has 0 amide bonds. The van der Waals surface area contributed by atoms with E-state index >= 15 is 0 Å². The molecule has 8 aromatic carbocycles. The number of rotatable bonds is 18. The fourth-order valence-electron chi connectivity index (χ4n) is 10.4. The van der Waals surface area contributed by atoms with E-state index in [2.05, 4.69) is 123 Å². The third kappa shape index (κ3) is 19.7. The van der Waals surface area contributed by atoms with Gasteiger partial charge in [-0.15, -0.1) is 0 Å². The average Bonchev–Trinajstić information content (AvgIpc) is 0.757. The van der Waals surface area contributed by atoms with Crippen LogP contribution in [0.25, 0.3) is 66.8 Å². The summed E-state index contributed by atoms with van der Waals surface area (Å²) in [5.41, 5.74) is 11.3. The number of carbonyl (C=O) groups is 4. The summed E-state index contributed by atoms with van der Waals surface area (Å²) in [7, 11) is -1.00. The molecule has 0 fully saturated rings. The van der Waals surface area contributed by atoms with Crippen molar-refractivity contribution in [2.24, 2.45) is 10.7 Å². The number of nitrogens with two attached hydrogens (primary N) is 1. The van der Waals surface area contributed by atoms with Crippen molar-refractivity contribution in [1.29, 1.82) is 0 Å². The number of phenols is 4.